The minimum absolute atomic E-state index is 0.00645. The molecular formula is C15H15N3O6S. The number of nitrogens with zero attached hydrogens (tertiary/aromatic N) is 1. The Hall–Kier alpha value is -3.14. The van der Waals surface area contributed by atoms with Crippen LogP contribution in [0.4, 0.5) is 11.4 Å². The number of ether oxygens (including phenoxy) is 1. The number of nitro benzene ring substituents is 1. The average Bonchev–Trinajstić information content (AvgIpc) is 2.60. The molecule has 0 unspecified atom stereocenters. The molecule has 0 radical (unpaired) electrons. The quantitative estimate of drug-likeness (QED) is 0.593. The van der Waals surface area contributed by atoms with Gasteiger partial charge in [-0.15, -0.1) is 0 Å². The highest BCUT2D eigenvalue weighted by atomic mass is 32.2. The van der Waals surface area contributed by atoms with E-state index in [2.05, 4.69) is 10.0 Å². The molecule has 1 amide bonds. The minimum Gasteiger partial charge on any atom is -0.497 e. The van der Waals surface area contributed by atoms with Crippen molar-refractivity contribution in [2.24, 2.45) is 0 Å². The van der Waals surface area contributed by atoms with E-state index in [1.807, 2.05) is 0 Å². The fraction of sp³-hybridized carbons (Fsp3) is 0.133. The highest BCUT2D eigenvalue weighted by molar-refractivity contribution is 7.92. The Morgan fingerprint density at radius 2 is 1.88 bits per heavy atom. The van der Waals surface area contributed by atoms with Crippen LogP contribution in [0.3, 0.4) is 0 Å². The highest BCUT2D eigenvalue weighted by Gasteiger charge is 2.27. The molecule has 2 rings (SSSR count). The van der Waals surface area contributed by atoms with Crippen LogP contribution in [0.1, 0.15) is 10.4 Å². The zero-order valence-corrected chi connectivity index (χ0v) is 14.2. The lowest BCUT2D eigenvalue weighted by Crippen LogP contribution is -2.22. The van der Waals surface area contributed by atoms with E-state index in [0.717, 1.165) is 12.1 Å². The first-order chi connectivity index (χ1) is 11.8. The van der Waals surface area contributed by atoms with Gasteiger partial charge in [-0.1, -0.05) is 12.1 Å². The van der Waals surface area contributed by atoms with Gasteiger partial charge in [-0.2, -0.15) is 0 Å². The van der Waals surface area contributed by atoms with Crippen LogP contribution in [0.15, 0.2) is 47.4 Å². The molecule has 0 saturated heterocycles. The number of anilines is 1. The molecule has 0 spiro atoms. The lowest BCUT2D eigenvalue weighted by molar-refractivity contribution is -0.387. The van der Waals surface area contributed by atoms with Crippen LogP contribution in [0.5, 0.6) is 5.75 Å². The molecule has 132 valence electrons. The summed E-state index contributed by atoms with van der Waals surface area (Å²) in [5.74, 6) is -0.348. The number of carbonyl (C=O) groups excluding carboxylic acids is 1. The van der Waals surface area contributed by atoms with Crippen LogP contribution >= 0.6 is 0 Å². The van der Waals surface area contributed by atoms with E-state index >= 15 is 0 Å². The van der Waals surface area contributed by atoms with Crippen molar-refractivity contribution in [1.82, 2.24) is 5.32 Å². The summed E-state index contributed by atoms with van der Waals surface area (Å²) >= 11 is 0. The Kier molecular flexibility index (Phi) is 5.22. The maximum atomic E-state index is 12.6. The summed E-state index contributed by atoms with van der Waals surface area (Å²) in [7, 11) is -1.59. The predicted molar refractivity (Wildman–Crippen MR) is 90.3 cm³/mol. The Balaban J connectivity index is 2.51. The van der Waals surface area contributed by atoms with Crippen LogP contribution in [-0.2, 0) is 10.0 Å². The third-order valence-corrected chi connectivity index (χ3v) is 4.71. The molecule has 0 fully saturated rings. The van der Waals surface area contributed by atoms with Gasteiger partial charge < -0.3 is 10.1 Å². The zero-order chi connectivity index (χ0) is 18.6. The van der Waals surface area contributed by atoms with Crippen LogP contribution in [0.25, 0.3) is 0 Å². The van der Waals surface area contributed by atoms with Crippen LogP contribution < -0.4 is 14.8 Å². The zero-order valence-electron chi connectivity index (χ0n) is 13.3. The molecule has 10 heteroatoms. The van der Waals surface area contributed by atoms with E-state index in [1.165, 1.54) is 38.4 Å². The highest BCUT2D eigenvalue weighted by Crippen LogP contribution is 2.30. The van der Waals surface area contributed by atoms with Gasteiger partial charge in [0.2, 0.25) is 0 Å². The normalized spacial score (nSPS) is 10.8. The summed E-state index contributed by atoms with van der Waals surface area (Å²) in [6.07, 6.45) is 0. The number of carbonyl (C=O) groups is 1. The van der Waals surface area contributed by atoms with E-state index in [-0.39, 0.29) is 17.0 Å². The lowest BCUT2D eigenvalue weighted by Gasteiger charge is -2.12. The second kappa shape index (κ2) is 7.18. The Bertz CT molecular complexity index is 927. The first-order valence-corrected chi connectivity index (χ1v) is 8.45. The Morgan fingerprint density at radius 1 is 1.20 bits per heavy atom. The third-order valence-electron chi connectivity index (χ3n) is 3.30. The van der Waals surface area contributed by atoms with Crippen molar-refractivity contribution < 1.29 is 22.9 Å². The van der Waals surface area contributed by atoms with Crippen molar-refractivity contribution in [3.63, 3.8) is 0 Å². The van der Waals surface area contributed by atoms with Gasteiger partial charge in [-0.25, -0.2) is 8.42 Å². The van der Waals surface area contributed by atoms with E-state index in [0.29, 0.717) is 0 Å². The van der Waals surface area contributed by atoms with Crippen molar-refractivity contribution in [2.45, 2.75) is 4.90 Å². The number of methoxy groups -OCH3 is 1. The second-order valence-electron chi connectivity index (χ2n) is 4.82. The second-order valence-corrected chi connectivity index (χ2v) is 6.47. The smallest absolute Gasteiger partial charge is 0.293 e. The summed E-state index contributed by atoms with van der Waals surface area (Å²) in [4.78, 5) is 21.7. The molecule has 0 aliphatic carbocycles. The first-order valence-electron chi connectivity index (χ1n) is 6.96. The predicted octanol–water partition coefficient (Wildman–Crippen LogP) is 1.76. The molecule has 0 aliphatic heterocycles. The molecule has 0 saturated carbocycles. The van der Waals surface area contributed by atoms with Crippen molar-refractivity contribution in [2.75, 3.05) is 18.9 Å². The fourth-order valence-corrected chi connectivity index (χ4v) is 3.33. The van der Waals surface area contributed by atoms with Gasteiger partial charge in [0, 0.05) is 7.05 Å². The van der Waals surface area contributed by atoms with Crippen molar-refractivity contribution >= 4 is 27.3 Å². The van der Waals surface area contributed by atoms with Gasteiger partial charge in [0.05, 0.1) is 29.4 Å². The SMILES string of the molecule is CNC(=O)c1ccccc1NS(=O)(=O)c1ccc(OC)cc1[N+](=O)[O-]. The standard InChI is InChI=1S/C15H15N3O6S/c1-16-15(19)11-5-3-4-6-12(11)17-25(22,23)14-8-7-10(24-2)9-13(14)18(20)21/h3-9,17H,1-2H3,(H,16,19). The molecule has 0 aliphatic rings. The lowest BCUT2D eigenvalue weighted by atomic mass is 10.2. The van der Waals surface area contributed by atoms with Crippen LogP contribution in [0, 0.1) is 10.1 Å². The molecule has 9 nitrogen and oxygen atoms in total. The number of para-hydroxylation sites is 1. The summed E-state index contributed by atoms with van der Waals surface area (Å²) in [6.45, 7) is 0. The number of amides is 1. The molecule has 0 bridgehead atoms. The van der Waals surface area contributed by atoms with Crippen molar-refractivity contribution in [3.8, 4) is 5.75 Å². The molecule has 0 atom stereocenters. The fourth-order valence-electron chi connectivity index (χ4n) is 2.10. The molecule has 2 aromatic rings. The molecule has 25 heavy (non-hydrogen) atoms. The van der Waals surface area contributed by atoms with Gasteiger partial charge in [-0.05, 0) is 24.3 Å². The third kappa shape index (κ3) is 3.86. The number of hydrogen-bond acceptors (Lipinski definition) is 6. The van der Waals surface area contributed by atoms with Gasteiger partial charge in [0.15, 0.2) is 4.90 Å². The Labute approximate surface area is 143 Å². The monoisotopic (exact) mass is 365 g/mol. The molecule has 0 aromatic heterocycles. The minimum atomic E-state index is -4.31. The van der Waals surface area contributed by atoms with Crippen molar-refractivity contribution in [3.05, 3.63) is 58.1 Å². The maximum Gasteiger partial charge on any atom is 0.293 e. The molecule has 0 heterocycles. The summed E-state index contributed by atoms with van der Waals surface area (Å²) in [6, 6.07) is 9.30. The number of sulfonamides is 1. The van der Waals surface area contributed by atoms with Gasteiger partial charge in [-0.3, -0.25) is 19.6 Å². The maximum absolute atomic E-state index is 12.6. The van der Waals surface area contributed by atoms with Gasteiger partial charge in [0.25, 0.3) is 21.6 Å². The van der Waals surface area contributed by atoms with Gasteiger partial charge in [0.1, 0.15) is 5.75 Å². The molecule has 2 N–H and O–H groups in total. The number of hydrogen-bond donors (Lipinski definition) is 2. The number of rotatable bonds is 6. The Morgan fingerprint density at radius 3 is 2.48 bits per heavy atom. The number of benzene rings is 2. The largest absolute Gasteiger partial charge is 0.497 e. The summed E-state index contributed by atoms with van der Waals surface area (Å²) in [5, 5.41) is 13.6. The first kappa shape index (κ1) is 18.2. The average molecular weight is 365 g/mol. The van der Waals surface area contributed by atoms with Crippen LogP contribution in [0.2, 0.25) is 0 Å². The van der Waals surface area contributed by atoms with Gasteiger partial charge >= 0.3 is 0 Å². The number of nitro groups is 1. The summed E-state index contributed by atoms with van der Waals surface area (Å²) < 4.78 is 32.3. The van der Waals surface area contributed by atoms with E-state index in [1.54, 1.807) is 6.07 Å². The number of nitrogens with one attached hydrogen (secondary N) is 2. The summed E-state index contributed by atoms with van der Waals surface area (Å²) in [5.41, 5.74) is -0.541. The topological polar surface area (TPSA) is 128 Å². The van der Waals surface area contributed by atoms with E-state index in [9.17, 15) is 23.3 Å². The van der Waals surface area contributed by atoms with E-state index in [4.69, 9.17) is 4.74 Å². The van der Waals surface area contributed by atoms with E-state index < -0.39 is 31.4 Å². The van der Waals surface area contributed by atoms with Crippen LogP contribution in [-0.4, -0.2) is 33.4 Å². The molecule has 2 aromatic carbocycles. The van der Waals surface area contributed by atoms with Crippen molar-refractivity contribution in [1.29, 1.82) is 0 Å². The molecular weight excluding hydrogens is 350 g/mol.